The van der Waals surface area contributed by atoms with E-state index in [4.69, 9.17) is 10.2 Å². The second-order valence-electron chi connectivity index (χ2n) is 5.82. The maximum Gasteiger partial charge on any atom is 0.224 e. The first-order valence-corrected chi connectivity index (χ1v) is 6.42. The van der Waals surface area contributed by atoms with Crippen molar-refractivity contribution in [3.05, 3.63) is 24.2 Å². The highest BCUT2D eigenvalue weighted by Crippen LogP contribution is 2.23. The SMILES string of the molecule is CC(C)(C)CC(CN)C(=O)NCCc1ccco1. The molecule has 0 bridgehead atoms. The minimum absolute atomic E-state index is 0.0407. The maximum atomic E-state index is 12.0. The van der Waals surface area contributed by atoms with Crippen LogP contribution in [0.2, 0.25) is 0 Å². The average molecular weight is 252 g/mol. The van der Waals surface area contributed by atoms with E-state index in [1.165, 1.54) is 0 Å². The Balaban J connectivity index is 2.33. The third-order valence-electron chi connectivity index (χ3n) is 2.76. The Hall–Kier alpha value is -1.29. The summed E-state index contributed by atoms with van der Waals surface area (Å²) < 4.78 is 5.21. The molecule has 0 fully saturated rings. The van der Waals surface area contributed by atoms with E-state index in [1.54, 1.807) is 6.26 Å². The standard InChI is InChI=1S/C14H24N2O2/c1-14(2,3)9-11(10-15)13(17)16-7-6-12-5-4-8-18-12/h4-5,8,11H,6-7,9-10,15H2,1-3H3,(H,16,17). The summed E-state index contributed by atoms with van der Waals surface area (Å²) in [4.78, 5) is 12.0. The second kappa shape index (κ2) is 6.59. The minimum atomic E-state index is -0.110. The van der Waals surface area contributed by atoms with Crippen LogP contribution in [-0.2, 0) is 11.2 Å². The molecule has 102 valence electrons. The molecule has 1 aromatic heterocycles. The molecule has 1 aromatic rings. The highest BCUT2D eigenvalue weighted by molar-refractivity contribution is 5.78. The van der Waals surface area contributed by atoms with Crippen LogP contribution in [0.25, 0.3) is 0 Å². The normalized spacial score (nSPS) is 13.3. The molecular weight excluding hydrogens is 228 g/mol. The molecule has 1 rings (SSSR count). The number of hydrogen-bond donors (Lipinski definition) is 2. The zero-order chi connectivity index (χ0) is 13.6. The molecule has 0 saturated heterocycles. The van der Waals surface area contributed by atoms with Crippen LogP contribution in [-0.4, -0.2) is 19.0 Å². The second-order valence-corrected chi connectivity index (χ2v) is 5.82. The van der Waals surface area contributed by atoms with Crippen molar-refractivity contribution < 1.29 is 9.21 Å². The molecule has 0 aliphatic rings. The lowest BCUT2D eigenvalue weighted by molar-refractivity contribution is -0.125. The van der Waals surface area contributed by atoms with Crippen molar-refractivity contribution in [3.8, 4) is 0 Å². The number of nitrogens with one attached hydrogen (secondary N) is 1. The van der Waals surface area contributed by atoms with Gasteiger partial charge in [-0.25, -0.2) is 0 Å². The van der Waals surface area contributed by atoms with Crippen LogP contribution < -0.4 is 11.1 Å². The topological polar surface area (TPSA) is 68.3 Å². The smallest absolute Gasteiger partial charge is 0.224 e. The van der Waals surface area contributed by atoms with Gasteiger partial charge >= 0.3 is 0 Å². The molecule has 1 unspecified atom stereocenters. The summed E-state index contributed by atoms with van der Waals surface area (Å²) in [5, 5.41) is 2.92. The van der Waals surface area contributed by atoms with Crippen LogP contribution in [0, 0.1) is 11.3 Å². The summed E-state index contributed by atoms with van der Waals surface area (Å²) in [6.07, 6.45) is 3.15. The Bertz CT molecular complexity index is 352. The van der Waals surface area contributed by atoms with Gasteiger partial charge in [0.25, 0.3) is 0 Å². The molecule has 0 spiro atoms. The van der Waals surface area contributed by atoms with Crippen molar-refractivity contribution in [3.63, 3.8) is 0 Å². The summed E-state index contributed by atoms with van der Waals surface area (Å²) in [5.41, 5.74) is 5.78. The lowest BCUT2D eigenvalue weighted by Crippen LogP contribution is -2.38. The lowest BCUT2D eigenvalue weighted by atomic mass is 9.84. The summed E-state index contributed by atoms with van der Waals surface area (Å²) in [5.74, 6) is 0.816. The van der Waals surface area contributed by atoms with E-state index in [1.807, 2.05) is 12.1 Å². The first-order valence-electron chi connectivity index (χ1n) is 6.42. The molecule has 0 aliphatic carbocycles. The van der Waals surface area contributed by atoms with Gasteiger partial charge in [0.15, 0.2) is 0 Å². The van der Waals surface area contributed by atoms with Gasteiger partial charge in [-0.05, 0) is 24.0 Å². The fourth-order valence-electron chi connectivity index (χ4n) is 1.93. The first-order chi connectivity index (χ1) is 8.42. The lowest BCUT2D eigenvalue weighted by Gasteiger charge is -2.24. The van der Waals surface area contributed by atoms with Crippen LogP contribution in [0.4, 0.5) is 0 Å². The van der Waals surface area contributed by atoms with E-state index in [2.05, 4.69) is 26.1 Å². The van der Waals surface area contributed by atoms with Crippen molar-refractivity contribution in [2.75, 3.05) is 13.1 Å². The van der Waals surface area contributed by atoms with Crippen LogP contribution in [0.15, 0.2) is 22.8 Å². The Morgan fingerprint density at radius 2 is 2.22 bits per heavy atom. The van der Waals surface area contributed by atoms with E-state index >= 15 is 0 Å². The molecule has 4 heteroatoms. The van der Waals surface area contributed by atoms with Crippen molar-refractivity contribution >= 4 is 5.91 Å². The van der Waals surface area contributed by atoms with Gasteiger partial charge in [-0.1, -0.05) is 20.8 Å². The largest absolute Gasteiger partial charge is 0.469 e. The van der Waals surface area contributed by atoms with Crippen LogP contribution in [0.5, 0.6) is 0 Å². The molecular formula is C14H24N2O2. The maximum absolute atomic E-state index is 12.0. The van der Waals surface area contributed by atoms with Crippen LogP contribution in [0.1, 0.15) is 33.0 Å². The van der Waals surface area contributed by atoms with Gasteiger partial charge in [-0.2, -0.15) is 0 Å². The van der Waals surface area contributed by atoms with E-state index in [9.17, 15) is 4.79 Å². The number of furan rings is 1. The number of nitrogens with two attached hydrogens (primary N) is 1. The summed E-state index contributed by atoms with van der Waals surface area (Å²) >= 11 is 0. The van der Waals surface area contributed by atoms with Gasteiger partial charge in [-0.15, -0.1) is 0 Å². The van der Waals surface area contributed by atoms with Crippen LogP contribution >= 0.6 is 0 Å². The van der Waals surface area contributed by atoms with Gasteiger partial charge < -0.3 is 15.5 Å². The predicted molar refractivity (Wildman–Crippen MR) is 72.0 cm³/mol. The third kappa shape index (κ3) is 5.36. The summed E-state index contributed by atoms with van der Waals surface area (Å²) in [6.45, 7) is 7.33. The van der Waals surface area contributed by atoms with Gasteiger partial charge in [0.05, 0.1) is 12.2 Å². The number of hydrogen-bond acceptors (Lipinski definition) is 3. The van der Waals surface area contributed by atoms with Gasteiger partial charge in [0.1, 0.15) is 5.76 Å². The monoisotopic (exact) mass is 252 g/mol. The quantitative estimate of drug-likeness (QED) is 0.813. The van der Waals surface area contributed by atoms with Crippen molar-refractivity contribution in [2.24, 2.45) is 17.1 Å². The molecule has 1 atom stereocenters. The molecule has 0 radical (unpaired) electrons. The molecule has 3 N–H and O–H groups in total. The Morgan fingerprint density at radius 3 is 2.72 bits per heavy atom. The van der Waals surface area contributed by atoms with E-state index in [-0.39, 0.29) is 17.2 Å². The van der Waals surface area contributed by atoms with E-state index in [0.717, 1.165) is 12.2 Å². The van der Waals surface area contributed by atoms with Crippen molar-refractivity contribution in [2.45, 2.75) is 33.6 Å². The number of rotatable bonds is 6. The third-order valence-corrected chi connectivity index (χ3v) is 2.76. The van der Waals surface area contributed by atoms with E-state index in [0.29, 0.717) is 19.5 Å². The van der Waals surface area contributed by atoms with Crippen molar-refractivity contribution in [1.29, 1.82) is 0 Å². The van der Waals surface area contributed by atoms with Crippen molar-refractivity contribution in [1.82, 2.24) is 5.32 Å². The van der Waals surface area contributed by atoms with Gasteiger partial charge in [0, 0.05) is 19.5 Å². The molecule has 0 saturated carbocycles. The van der Waals surface area contributed by atoms with Gasteiger partial charge in [-0.3, -0.25) is 4.79 Å². The molecule has 18 heavy (non-hydrogen) atoms. The zero-order valence-corrected chi connectivity index (χ0v) is 11.5. The van der Waals surface area contributed by atoms with E-state index < -0.39 is 0 Å². The minimum Gasteiger partial charge on any atom is -0.469 e. The van der Waals surface area contributed by atoms with Gasteiger partial charge in [0.2, 0.25) is 5.91 Å². The Labute approximate surface area is 109 Å². The molecule has 4 nitrogen and oxygen atoms in total. The molecule has 1 heterocycles. The predicted octanol–water partition coefficient (Wildman–Crippen LogP) is 1.95. The summed E-state index contributed by atoms with van der Waals surface area (Å²) in [6, 6.07) is 3.75. The number of carbonyl (C=O) groups excluding carboxylic acids is 1. The fraction of sp³-hybridized carbons (Fsp3) is 0.643. The molecule has 0 aromatic carbocycles. The number of carbonyl (C=O) groups is 1. The molecule has 1 amide bonds. The fourth-order valence-corrected chi connectivity index (χ4v) is 1.93. The summed E-state index contributed by atoms with van der Waals surface area (Å²) in [7, 11) is 0. The Kier molecular flexibility index (Phi) is 5.41. The molecule has 0 aliphatic heterocycles. The highest BCUT2D eigenvalue weighted by atomic mass is 16.3. The number of amides is 1. The first kappa shape index (κ1) is 14.8. The average Bonchev–Trinajstić information content (AvgIpc) is 2.77. The highest BCUT2D eigenvalue weighted by Gasteiger charge is 2.23. The van der Waals surface area contributed by atoms with Crippen LogP contribution in [0.3, 0.4) is 0 Å². The Morgan fingerprint density at radius 1 is 1.50 bits per heavy atom. The zero-order valence-electron chi connectivity index (χ0n) is 11.5.